The lowest BCUT2D eigenvalue weighted by atomic mass is 9.96. The number of amides is 2. The fourth-order valence-electron chi connectivity index (χ4n) is 3.96. The number of piperidine rings is 1. The summed E-state index contributed by atoms with van der Waals surface area (Å²) < 4.78 is 1.72. The van der Waals surface area contributed by atoms with Crippen molar-refractivity contribution in [2.45, 2.75) is 51.5 Å². The SMILES string of the molecule is CC(C)c1nn(C)cc1C(=O)N1CCCC(CNC(=O)C2CCCN2)C1.Cl. The fraction of sp³-hybridized carbons (Fsp3) is 0.737. The molecule has 2 fully saturated rings. The maximum atomic E-state index is 13.0. The fourth-order valence-corrected chi connectivity index (χ4v) is 3.96. The Kier molecular flexibility index (Phi) is 7.68. The Bertz CT molecular complexity index is 655. The van der Waals surface area contributed by atoms with Crippen molar-refractivity contribution in [3.05, 3.63) is 17.5 Å². The number of carbonyl (C=O) groups excluding carboxylic acids is 2. The summed E-state index contributed by atoms with van der Waals surface area (Å²) >= 11 is 0. The molecule has 2 unspecified atom stereocenters. The van der Waals surface area contributed by atoms with Crippen molar-refractivity contribution in [1.82, 2.24) is 25.3 Å². The summed E-state index contributed by atoms with van der Waals surface area (Å²) in [5.74, 6) is 0.696. The van der Waals surface area contributed by atoms with Crippen LogP contribution in [0.4, 0.5) is 0 Å². The molecule has 0 radical (unpaired) electrons. The van der Waals surface area contributed by atoms with E-state index in [-0.39, 0.29) is 36.2 Å². The van der Waals surface area contributed by atoms with E-state index in [4.69, 9.17) is 0 Å². The molecule has 0 spiro atoms. The van der Waals surface area contributed by atoms with E-state index in [2.05, 4.69) is 29.6 Å². The molecule has 2 atom stereocenters. The van der Waals surface area contributed by atoms with Crippen LogP contribution in [-0.2, 0) is 11.8 Å². The molecule has 2 aliphatic heterocycles. The largest absolute Gasteiger partial charge is 0.354 e. The van der Waals surface area contributed by atoms with Gasteiger partial charge in [-0.1, -0.05) is 13.8 Å². The lowest BCUT2D eigenvalue weighted by Gasteiger charge is -2.33. The third-order valence-corrected chi connectivity index (χ3v) is 5.38. The monoisotopic (exact) mass is 397 g/mol. The molecular formula is C19H32ClN5O2. The van der Waals surface area contributed by atoms with Crippen LogP contribution in [0.2, 0.25) is 0 Å². The Hall–Kier alpha value is -1.60. The summed E-state index contributed by atoms with van der Waals surface area (Å²) in [4.78, 5) is 27.1. The van der Waals surface area contributed by atoms with Crippen molar-refractivity contribution in [1.29, 1.82) is 0 Å². The molecular weight excluding hydrogens is 366 g/mol. The lowest BCUT2D eigenvalue weighted by Crippen LogP contribution is -2.46. The normalized spacial score (nSPS) is 22.6. The summed E-state index contributed by atoms with van der Waals surface area (Å²) in [7, 11) is 1.86. The van der Waals surface area contributed by atoms with Gasteiger partial charge < -0.3 is 15.5 Å². The Morgan fingerprint density at radius 3 is 2.78 bits per heavy atom. The first kappa shape index (κ1) is 21.7. The molecule has 3 rings (SSSR count). The van der Waals surface area contributed by atoms with Gasteiger partial charge in [0, 0.05) is 32.9 Å². The van der Waals surface area contributed by atoms with Crippen LogP contribution in [0.3, 0.4) is 0 Å². The van der Waals surface area contributed by atoms with Crippen molar-refractivity contribution in [3.63, 3.8) is 0 Å². The molecule has 27 heavy (non-hydrogen) atoms. The van der Waals surface area contributed by atoms with Crippen LogP contribution in [-0.4, -0.2) is 58.7 Å². The highest BCUT2D eigenvalue weighted by Gasteiger charge is 2.29. The van der Waals surface area contributed by atoms with E-state index in [1.54, 1.807) is 4.68 Å². The Balaban J connectivity index is 0.00000261. The van der Waals surface area contributed by atoms with E-state index in [0.717, 1.165) is 44.5 Å². The van der Waals surface area contributed by atoms with E-state index in [1.165, 1.54) is 0 Å². The number of hydrogen-bond donors (Lipinski definition) is 2. The zero-order chi connectivity index (χ0) is 18.7. The van der Waals surface area contributed by atoms with Crippen LogP contribution in [0.5, 0.6) is 0 Å². The van der Waals surface area contributed by atoms with Crippen LogP contribution >= 0.6 is 12.4 Å². The van der Waals surface area contributed by atoms with Gasteiger partial charge in [-0.3, -0.25) is 14.3 Å². The van der Waals surface area contributed by atoms with Crippen molar-refractivity contribution in [2.24, 2.45) is 13.0 Å². The second-order valence-corrected chi connectivity index (χ2v) is 7.91. The van der Waals surface area contributed by atoms with Crippen molar-refractivity contribution in [3.8, 4) is 0 Å². The number of carbonyl (C=O) groups is 2. The second kappa shape index (κ2) is 9.55. The topological polar surface area (TPSA) is 79.3 Å². The van der Waals surface area contributed by atoms with E-state index in [0.29, 0.717) is 24.6 Å². The van der Waals surface area contributed by atoms with Gasteiger partial charge in [0.25, 0.3) is 5.91 Å². The third kappa shape index (κ3) is 5.23. The number of nitrogens with one attached hydrogen (secondary N) is 2. The van der Waals surface area contributed by atoms with Gasteiger partial charge in [-0.25, -0.2) is 0 Å². The van der Waals surface area contributed by atoms with Gasteiger partial charge in [-0.2, -0.15) is 5.10 Å². The highest BCUT2D eigenvalue weighted by Crippen LogP contribution is 2.23. The van der Waals surface area contributed by atoms with Gasteiger partial charge in [0.15, 0.2) is 0 Å². The van der Waals surface area contributed by atoms with Gasteiger partial charge in [0.1, 0.15) is 0 Å². The van der Waals surface area contributed by atoms with E-state index >= 15 is 0 Å². The highest BCUT2D eigenvalue weighted by atomic mass is 35.5. The molecule has 0 saturated carbocycles. The molecule has 2 N–H and O–H groups in total. The maximum Gasteiger partial charge on any atom is 0.257 e. The molecule has 2 amide bonds. The number of aromatic nitrogens is 2. The van der Waals surface area contributed by atoms with Gasteiger partial charge >= 0.3 is 0 Å². The maximum absolute atomic E-state index is 13.0. The van der Waals surface area contributed by atoms with Crippen molar-refractivity contribution >= 4 is 24.2 Å². The first-order valence-corrected chi connectivity index (χ1v) is 9.79. The average Bonchev–Trinajstić information content (AvgIpc) is 3.29. The summed E-state index contributed by atoms with van der Waals surface area (Å²) in [6, 6.07) is -0.0414. The number of nitrogens with zero attached hydrogens (tertiary/aromatic N) is 3. The van der Waals surface area contributed by atoms with Gasteiger partial charge in [-0.15, -0.1) is 12.4 Å². The minimum absolute atomic E-state index is 0. The zero-order valence-corrected chi connectivity index (χ0v) is 17.3. The predicted octanol–water partition coefficient (Wildman–Crippen LogP) is 1.69. The summed E-state index contributed by atoms with van der Waals surface area (Å²) in [6.07, 6.45) is 5.83. The molecule has 2 saturated heterocycles. The zero-order valence-electron chi connectivity index (χ0n) is 16.5. The van der Waals surface area contributed by atoms with Crippen LogP contribution in [0.15, 0.2) is 6.20 Å². The van der Waals surface area contributed by atoms with Crippen LogP contribution in [0.25, 0.3) is 0 Å². The molecule has 7 nitrogen and oxygen atoms in total. The van der Waals surface area contributed by atoms with Crippen molar-refractivity contribution < 1.29 is 9.59 Å². The minimum Gasteiger partial charge on any atom is -0.354 e. The molecule has 1 aromatic rings. The molecule has 0 aromatic carbocycles. The van der Waals surface area contributed by atoms with E-state index < -0.39 is 0 Å². The number of hydrogen-bond acceptors (Lipinski definition) is 4. The number of halogens is 1. The van der Waals surface area contributed by atoms with Gasteiger partial charge in [0.05, 0.1) is 17.3 Å². The third-order valence-electron chi connectivity index (χ3n) is 5.38. The summed E-state index contributed by atoms with van der Waals surface area (Å²) in [5, 5.41) is 10.8. The van der Waals surface area contributed by atoms with Crippen LogP contribution in [0, 0.1) is 5.92 Å². The number of rotatable bonds is 5. The van der Waals surface area contributed by atoms with E-state index in [1.807, 2.05) is 18.1 Å². The summed E-state index contributed by atoms with van der Waals surface area (Å²) in [6.45, 7) is 7.16. The van der Waals surface area contributed by atoms with Gasteiger partial charge in [-0.05, 0) is 44.1 Å². The number of likely N-dealkylation sites (tertiary alicyclic amines) is 1. The van der Waals surface area contributed by atoms with Crippen molar-refractivity contribution in [2.75, 3.05) is 26.2 Å². The predicted molar refractivity (Wildman–Crippen MR) is 107 cm³/mol. The average molecular weight is 398 g/mol. The first-order valence-electron chi connectivity index (χ1n) is 9.79. The van der Waals surface area contributed by atoms with E-state index in [9.17, 15) is 9.59 Å². The number of aryl methyl sites for hydroxylation is 1. The smallest absolute Gasteiger partial charge is 0.257 e. The Morgan fingerprint density at radius 2 is 2.11 bits per heavy atom. The van der Waals surface area contributed by atoms with Gasteiger partial charge in [0.2, 0.25) is 5.91 Å². The molecule has 0 bridgehead atoms. The van der Waals surface area contributed by atoms with Crippen LogP contribution < -0.4 is 10.6 Å². The standard InChI is InChI=1S/C19H31N5O2.ClH/c1-13(2)17-15(12-23(3)22-17)19(26)24-9-5-6-14(11-24)10-21-18(25)16-7-4-8-20-16;/h12-14,16,20H,4-11H2,1-3H3,(H,21,25);1H. The Labute approximate surface area is 167 Å². The molecule has 8 heteroatoms. The Morgan fingerprint density at radius 1 is 1.33 bits per heavy atom. The molecule has 3 heterocycles. The first-order chi connectivity index (χ1) is 12.5. The lowest BCUT2D eigenvalue weighted by molar-refractivity contribution is -0.123. The highest BCUT2D eigenvalue weighted by molar-refractivity contribution is 5.95. The molecule has 1 aromatic heterocycles. The minimum atomic E-state index is -0.0414. The quantitative estimate of drug-likeness (QED) is 0.792. The van der Waals surface area contributed by atoms with Crippen LogP contribution in [0.1, 0.15) is 61.5 Å². The summed E-state index contributed by atoms with van der Waals surface area (Å²) in [5.41, 5.74) is 1.57. The second-order valence-electron chi connectivity index (χ2n) is 7.91. The molecule has 152 valence electrons. The molecule has 2 aliphatic rings. The molecule has 0 aliphatic carbocycles.